The van der Waals surface area contributed by atoms with Gasteiger partial charge in [-0.1, -0.05) is 13.8 Å². The number of piperidine rings is 1. The molecule has 0 bridgehead atoms. The Morgan fingerprint density at radius 1 is 1.38 bits per heavy atom. The van der Waals surface area contributed by atoms with Crippen molar-refractivity contribution in [3.63, 3.8) is 0 Å². The summed E-state index contributed by atoms with van der Waals surface area (Å²) >= 11 is 0. The van der Waals surface area contributed by atoms with E-state index in [-0.39, 0.29) is 18.9 Å². The minimum absolute atomic E-state index is 0.188. The number of carboxylic acid groups (broad SMARTS) is 1. The number of nitrogens with one attached hydrogen (secondary N) is 1. The molecule has 6 heteroatoms. The molecule has 122 valence electrons. The topological polar surface area (TPSA) is 95.7 Å². The minimum Gasteiger partial charge on any atom is -0.481 e. The van der Waals surface area contributed by atoms with E-state index in [4.69, 9.17) is 10.8 Å². The Hall–Kier alpha value is -1.14. The van der Waals surface area contributed by atoms with E-state index in [0.29, 0.717) is 24.3 Å². The molecule has 4 N–H and O–H groups in total. The molecule has 0 aromatic heterocycles. The van der Waals surface area contributed by atoms with Crippen molar-refractivity contribution in [1.82, 2.24) is 10.2 Å². The average molecular weight is 299 g/mol. The van der Waals surface area contributed by atoms with Crippen molar-refractivity contribution in [2.45, 2.75) is 45.6 Å². The van der Waals surface area contributed by atoms with E-state index in [9.17, 15) is 9.59 Å². The first-order valence-electron chi connectivity index (χ1n) is 7.82. The second kappa shape index (κ2) is 9.00. The summed E-state index contributed by atoms with van der Waals surface area (Å²) in [4.78, 5) is 23.9. The third kappa shape index (κ3) is 8.02. The molecule has 1 heterocycles. The molecule has 1 saturated heterocycles. The van der Waals surface area contributed by atoms with Gasteiger partial charge in [-0.15, -0.1) is 0 Å². The van der Waals surface area contributed by atoms with Gasteiger partial charge >= 0.3 is 5.97 Å². The fourth-order valence-electron chi connectivity index (χ4n) is 2.91. The maximum Gasteiger partial charge on any atom is 0.303 e. The number of primary amides is 1. The lowest BCUT2D eigenvalue weighted by molar-refractivity contribution is -0.137. The number of likely N-dealkylation sites (tertiary alicyclic amines) is 1. The van der Waals surface area contributed by atoms with E-state index in [2.05, 4.69) is 19.2 Å². The van der Waals surface area contributed by atoms with Gasteiger partial charge in [0.1, 0.15) is 0 Å². The number of aliphatic carboxylic acids is 1. The molecule has 6 nitrogen and oxygen atoms in total. The molecule has 0 aliphatic carbocycles. The summed E-state index contributed by atoms with van der Waals surface area (Å²) in [7, 11) is 0. The first-order valence-corrected chi connectivity index (χ1v) is 7.82. The van der Waals surface area contributed by atoms with Gasteiger partial charge in [0.2, 0.25) is 5.91 Å². The van der Waals surface area contributed by atoms with Crippen LogP contribution in [0.5, 0.6) is 0 Å². The molecule has 1 rings (SSSR count). The summed E-state index contributed by atoms with van der Waals surface area (Å²) in [6, 6.07) is 0.315. The van der Waals surface area contributed by atoms with Crippen LogP contribution in [0.4, 0.5) is 0 Å². The van der Waals surface area contributed by atoms with Crippen LogP contribution in [-0.4, -0.2) is 54.1 Å². The van der Waals surface area contributed by atoms with E-state index in [0.717, 1.165) is 32.5 Å². The summed E-state index contributed by atoms with van der Waals surface area (Å²) in [6.45, 7) is 7.17. The van der Waals surface area contributed by atoms with Crippen LogP contribution in [0.3, 0.4) is 0 Å². The number of carbonyl (C=O) groups is 2. The SMILES string of the molecule is CC(C)CCNC1CC(CCC(=O)O)CN(CC(N)=O)C1. The highest BCUT2D eigenvalue weighted by Gasteiger charge is 2.27. The fourth-order valence-corrected chi connectivity index (χ4v) is 2.91. The number of nitrogens with zero attached hydrogens (tertiary/aromatic N) is 1. The van der Waals surface area contributed by atoms with Crippen molar-refractivity contribution >= 4 is 11.9 Å². The van der Waals surface area contributed by atoms with E-state index < -0.39 is 5.97 Å². The summed E-state index contributed by atoms with van der Waals surface area (Å²) in [5.41, 5.74) is 5.28. The Morgan fingerprint density at radius 2 is 2.10 bits per heavy atom. The van der Waals surface area contributed by atoms with Gasteiger partial charge in [-0.25, -0.2) is 0 Å². The first kappa shape index (κ1) is 17.9. The molecule has 1 aliphatic heterocycles. The zero-order valence-electron chi connectivity index (χ0n) is 13.2. The van der Waals surface area contributed by atoms with Gasteiger partial charge in [-0.3, -0.25) is 14.5 Å². The van der Waals surface area contributed by atoms with Gasteiger partial charge < -0.3 is 16.2 Å². The van der Waals surface area contributed by atoms with Gasteiger partial charge in [0.05, 0.1) is 6.54 Å². The van der Waals surface area contributed by atoms with Gasteiger partial charge in [-0.05, 0) is 37.6 Å². The second-order valence-electron chi connectivity index (χ2n) is 6.53. The molecular formula is C15H29N3O3. The van der Waals surface area contributed by atoms with Gasteiger partial charge in [0.15, 0.2) is 0 Å². The van der Waals surface area contributed by atoms with Crippen LogP contribution in [0, 0.1) is 11.8 Å². The Labute approximate surface area is 127 Å². The number of carboxylic acids is 1. The number of hydrogen-bond donors (Lipinski definition) is 3. The molecule has 0 aromatic carbocycles. The van der Waals surface area contributed by atoms with Crippen molar-refractivity contribution in [1.29, 1.82) is 0 Å². The minimum atomic E-state index is -0.758. The number of amides is 1. The maximum atomic E-state index is 11.1. The van der Waals surface area contributed by atoms with E-state index in [1.54, 1.807) is 0 Å². The Bertz CT molecular complexity index is 347. The number of nitrogens with two attached hydrogens (primary N) is 1. The largest absolute Gasteiger partial charge is 0.481 e. The molecule has 0 spiro atoms. The van der Waals surface area contributed by atoms with E-state index in [1.807, 2.05) is 4.90 Å². The summed E-state index contributed by atoms with van der Waals surface area (Å²) in [6.07, 6.45) is 2.94. The van der Waals surface area contributed by atoms with Gasteiger partial charge in [-0.2, -0.15) is 0 Å². The molecule has 1 fully saturated rings. The predicted octanol–water partition coefficient (Wildman–Crippen LogP) is 0.663. The number of hydrogen-bond acceptors (Lipinski definition) is 4. The highest BCUT2D eigenvalue weighted by Crippen LogP contribution is 2.21. The molecule has 0 aromatic rings. The quantitative estimate of drug-likeness (QED) is 0.581. The molecular weight excluding hydrogens is 270 g/mol. The third-order valence-electron chi connectivity index (χ3n) is 3.91. The van der Waals surface area contributed by atoms with Crippen LogP contribution in [0.25, 0.3) is 0 Å². The smallest absolute Gasteiger partial charge is 0.303 e. The summed E-state index contributed by atoms with van der Waals surface area (Å²) in [5.74, 6) is -0.113. The zero-order chi connectivity index (χ0) is 15.8. The van der Waals surface area contributed by atoms with Crippen LogP contribution in [0.1, 0.15) is 39.5 Å². The molecule has 1 aliphatic rings. The van der Waals surface area contributed by atoms with E-state index in [1.165, 1.54) is 0 Å². The molecule has 0 radical (unpaired) electrons. The van der Waals surface area contributed by atoms with E-state index >= 15 is 0 Å². The molecule has 2 unspecified atom stereocenters. The Morgan fingerprint density at radius 3 is 2.67 bits per heavy atom. The predicted molar refractivity (Wildman–Crippen MR) is 81.9 cm³/mol. The summed E-state index contributed by atoms with van der Waals surface area (Å²) < 4.78 is 0. The highest BCUT2D eigenvalue weighted by molar-refractivity contribution is 5.75. The fraction of sp³-hybridized carbons (Fsp3) is 0.867. The second-order valence-corrected chi connectivity index (χ2v) is 6.53. The average Bonchev–Trinajstić information content (AvgIpc) is 2.35. The van der Waals surface area contributed by atoms with Crippen molar-refractivity contribution in [2.24, 2.45) is 17.6 Å². The normalized spacial score (nSPS) is 23.4. The highest BCUT2D eigenvalue weighted by atomic mass is 16.4. The van der Waals surface area contributed by atoms with Crippen LogP contribution in [0.2, 0.25) is 0 Å². The Kier molecular flexibility index (Phi) is 7.67. The molecule has 1 amide bonds. The van der Waals surface area contributed by atoms with Crippen LogP contribution in [0.15, 0.2) is 0 Å². The molecule has 2 atom stereocenters. The molecule has 21 heavy (non-hydrogen) atoms. The maximum absolute atomic E-state index is 11.1. The number of carbonyl (C=O) groups excluding carboxylic acids is 1. The van der Waals surface area contributed by atoms with Crippen molar-refractivity contribution in [3.8, 4) is 0 Å². The lowest BCUT2D eigenvalue weighted by Gasteiger charge is -2.37. The standard InChI is InChI=1S/C15H29N3O3/c1-11(2)5-6-17-13-7-12(3-4-15(20)21)8-18(9-13)10-14(16)19/h11-13,17H,3-10H2,1-2H3,(H2,16,19)(H,20,21). The van der Waals surface area contributed by atoms with Gasteiger partial charge in [0.25, 0.3) is 0 Å². The van der Waals surface area contributed by atoms with Crippen molar-refractivity contribution in [3.05, 3.63) is 0 Å². The van der Waals surface area contributed by atoms with Crippen LogP contribution in [-0.2, 0) is 9.59 Å². The van der Waals surface area contributed by atoms with Crippen LogP contribution < -0.4 is 11.1 Å². The van der Waals surface area contributed by atoms with Crippen molar-refractivity contribution < 1.29 is 14.7 Å². The Balaban J connectivity index is 2.48. The lowest BCUT2D eigenvalue weighted by Crippen LogP contribution is -2.51. The number of rotatable bonds is 9. The summed E-state index contributed by atoms with van der Waals surface area (Å²) in [5, 5.41) is 12.4. The van der Waals surface area contributed by atoms with Gasteiger partial charge in [0, 0.05) is 25.6 Å². The first-order chi connectivity index (χ1) is 9.86. The lowest BCUT2D eigenvalue weighted by atomic mass is 9.90. The third-order valence-corrected chi connectivity index (χ3v) is 3.91. The zero-order valence-corrected chi connectivity index (χ0v) is 13.2. The van der Waals surface area contributed by atoms with Crippen LogP contribution >= 0.6 is 0 Å². The monoisotopic (exact) mass is 299 g/mol. The van der Waals surface area contributed by atoms with Crippen molar-refractivity contribution in [2.75, 3.05) is 26.2 Å². The molecule has 0 saturated carbocycles.